The van der Waals surface area contributed by atoms with Gasteiger partial charge in [0.05, 0.1) is 6.42 Å². The van der Waals surface area contributed by atoms with E-state index in [9.17, 15) is 9.59 Å². The summed E-state index contributed by atoms with van der Waals surface area (Å²) in [7, 11) is 0. The molecule has 23 heavy (non-hydrogen) atoms. The molecular formula is C15H13ClN4O3. The van der Waals surface area contributed by atoms with Crippen molar-refractivity contribution in [1.82, 2.24) is 19.8 Å². The topological polar surface area (TPSA) is 100 Å². The first-order valence-electron chi connectivity index (χ1n) is 6.87. The van der Waals surface area contributed by atoms with Gasteiger partial charge in [-0.05, 0) is 24.6 Å². The van der Waals surface area contributed by atoms with Gasteiger partial charge in [-0.3, -0.25) is 14.7 Å². The molecule has 7 nitrogen and oxygen atoms in total. The number of carboxylic acid groups (broad SMARTS) is 1. The lowest BCUT2D eigenvalue weighted by molar-refractivity contribution is -0.136. The Hall–Kier alpha value is -2.67. The van der Waals surface area contributed by atoms with Crippen LogP contribution in [0, 0.1) is 6.92 Å². The van der Waals surface area contributed by atoms with Crippen LogP contribution in [0.1, 0.15) is 22.5 Å². The molecule has 0 atom stereocenters. The Balaban J connectivity index is 2.04. The van der Waals surface area contributed by atoms with E-state index in [-0.39, 0.29) is 23.3 Å². The summed E-state index contributed by atoms with van der Waals surface area (Å²) in [6.45, 7) is 1.70. The molecule has 118 valence electrons. The van der Waals surface area contributed by atoms with Crippen LogP contribution in [-0.2, 0) is 17.6 Å². The maximum absolute atomic E-state index is 12.5. The average Bonchev–Trinajstić information content (AvgIpc) is 2.81. The number of aryl methyl sites for hydroxylation is 1. The van der Waals surface area contributed by atoms with Crippen molar-refractivity contribution in [2.24, 2.45) is 0 Å². The molecule has 0 saturated heterocycles. The highest BCUT2D eigenvalue weighted by atomic mass is 35.5. The fourth-order valence-electron chi connectivity index (χ4n) is 2.39. The van der Waals surface area contributed by atoms with Crippen molar-refractivity contribution in [1.29, 1.82) is 0 Å². The van der Waals surface area contributed by atoms with E-state index in [4.69, 9.17) is 16.7 Å². The van der Waals surface area contributed by atoms with Crippen molar-refractivity contribution in [3.63, 3.8) is 0 Å². The molecule has 8 heteroatoms. The van der Waals surface area contributed by atoms with Gasteiger partial charge in [0.25, 0.3) is 5.56 Å². The summed E-state index contributed by atoms with van der Waals surface area (Å²) in [6.07, 6.45) is 0.0990. The highest BCUT2D eigenvalue weighted by Crippen LogP contribution is 2.14. The third kappa shape index (κ3) is 2.95. The smallest absolute Gasteiger partial charge is 0.308 e. The second-order valence-electron chi connectivity index (χ2n) is 5.20. The van der Waals surface area contributed by atoms with Gasteiger partial charge in [-0.1, -0.05) is 23.7 Å². The highest BCUT2D eigenvalue weighted by molar-refractivity contribution is 6.30. The summed E-state index contributed by atoms with van der Waals surface area (Å²) in [5.41, 5.74) is 2.10. The molecule has 2 N–H and O–H groups in total. The van der Waals surface area contributed by atoms with Crippen molar-refractivity contribution in [2.45, 2.75) is 19.8 Å². The number of nitrogens with one attached hydrogen (secondary N) is 1. The molecule has 0 unspecified atom stereocenters. The van der Waals surface area contributed by atoms with Gasteiger partial charge in [-0.2, -0.15) is 4.52 Å². The van der Waals surface area contributed by atoms with Gasteiger partial charge in [-0.25, -0.2) is 0 Å². The first-order valence-corrected chi connectivity index (χ1v) is 7.25. The molecule has 1 aromatic carbocycles. The molecule has 2 aromatic heterocycles. The molecule has 0 amide bonds. The van der Waals surface area contributed by atoms with Crippen molar-refractivity contribution in [2.75, 3.05) is 0 Å². The Labute approximate surface area is 135 Å². The van der Waals surface area contributed by atoms with Crippen LogP contribution < -0.4 is 5.56 Å². The molecule has 0 aliphatic carbocycles. The molecule has 3 rings (SSSR count). The number of carbonyl (C=O) groups is 1. The Morgan fingerprint density at radius 2 is 2.00 bits per heavy atom. The van der Waals surface area contributed by atoms with Crippen molar-refractivity contribution < 1.29 is 9.90 Å². The zero-order valence-corrected chi connectivity index (χ0v) is 13.0. The largest absolute Gasteiger partial charge is 0.481 e. The van der Waals surface area contributed by atoms with Crippen LogP contribution in [0.4, 0.5) is 0 Å². The summed E-state index contributed by atoms with van der Waals surface area (Å²) in [5.74, 6) is -0.992. The van der Waals surface area contributed by atoms with Crippen LogP contribution in [0.15, 0.2) is 29.1 Å². The lowest BCUT2D eigenvalue weighted by atomic mass is 10.1. The van der Waals surface area contributed by atoms with Gasteiger partial charge in [0.1, 0.15) is 5.69 Å². The number of carboxylic acids is 1. The minimum atomic E-state index is -0.992. The fraction of sp³-hybridized carbons (Fsp3) is 0.200. The molecule has 3 aromatic rings. The number of nitrogens with zero attached hydrogens (tertiary/aromatic N) is 3. The van der Waals surface area contributed by atoms with Crippen LogP contribution in [0.25, 0.3) is 5.65 Å². The maximum Gasteiger partial charge on any atom is 0.308 e. The second kappa shape index (κ2) is 5.85. The van der Waals surface area contributed by atoms with Gasteiger partial charge < -0.3 is 5.11 Å². The van der Waals surface area contributed by atoms with E-state index in [1.807, 2.05) is 12.1 Å². The number of benzene rings is 1. The Kier molecular flexibility index (Phi) is 3.87. The molecule has 0 radical (unpaired) electrons. The molecule has 0 fully saturated rings. The number of rotatable bonds is 4. The van der Waals surface area contributed by atoms with E-state index in [0.717, 1.165) is 5.56 Å². The number of halogens is 1. The lowest BCUT2D eigenvalue weighted by Crippen LogP contribution is -2.22. The van der Waals surface area contributed by atoms with Gasteiger partial charge in [0.2, 0.25) is 0 Å². The Morgan fingerprint density at radius 3 is 2.65 bits per heavy atom. The number of aromatic nitrogens is 4. The summed E-state index contributed by atoms with van der Waals surface area (Å²) < 4.78 is 1.24. The maximum atomic E-state index is 12.5. The Morgan fingerprint density at radius 1 is 1.30 bits per heavy atom. The summed E-state index contributed by atoms with van der Waals surface area (Å²) >= 11 is 5.84. The van der Waals surface area contributed by atoms with Gasteiger partial charge >= 0.3 is 5.97 Å². The molecular weight excluding hydrogens is 320 g/mol. The van der Waals surface area contributed by atoms with Crippen LogP contribution in [-0.4, -0.2) is 30.9 Å². The predicted octanol–water partition coefficient (Wildman–Crippen LogP) is 1.60. The Bertz CT molecular complexity index is 944. The predicted molar refractivity (Wildman–Crippen MR) is 83.9 cm³/mol. The van der Waals surface area contributed by atoms with Crippen molar-refractivity contribution >= 4 is 23.2 Å². The third-order valence-electron chi connectivity index (χ3n) is 3.54. The van der Waals surface area contributed by atoms with Crippen LogP contribution >= 0.6 is 11.6 Å². The van der Waals surface area contributed by atoms with Crippen LogP contribution in [0.5, 0.6) is 0 Å². The lowest BCUT2D eigenvalue weighted by Gasteiger charge is -2.01. The summed E-state index contributed by atoms with van der Waals surface area (Å²) in [5, 5.41) is 20.4. The minimum Gasteiger partial charge on any atom is -0.481 e. The normalized spacial score (nSPS) is 11.0. The number of aromatic amines is 1. The van der Waals surface area contributed by atoms with Crippen LogP contribution in [0.2, 0.25) is 5.02 Å². The van der Waals surface area contributed by atoms with Gasteiger partial charge in [-0.15, -0.1) is 10.2 Å². The minimum absolute atomic E-state index is 0.219. The first kappa shape index (κ1) is 15.2. The molecule has 0 aliphatic heterocycles. The van der Waals surface area contributed by atoms with Gasteiger partial charge in [0, 0.05) is 22.7 Å². The molecule has 0 bridgehead atoms. The van der Waals surface area contributed by atoms with Crippen molar-refractivity contribution in [3.05, 3.63) is 62.2 Å². The average molecular weight is 333 g/mol. The standard InChI is InChI=1S/C15H13ClN4O3/c1-8-11(7-13(21)22)14-18-17-12(15(23)20(14)19-8)6-9-2-4-10(16)5-3-9/h2-5,19H,6-7H2,1H3,(H,21,22). The summed E-state index contributed by atoms with van der Waals surface area (Å²) in [6, 6.07) is 7.11. The van der Waals surface area contributed by atoms with E-state index < -0.39 is 5.97 Å². The third-order valence-corrected chi connectivity index (χ3v) is 3.79. The number of H-pyrrole nitrogens is 1. The van der Waals surface area contributed by atoms with E-state index in [1.54, 1.807) is 19.1 Å². The van der Waals surface area contributed by atoms with E-state index in [0.29, 0.717) is 22.7 Å². The van der Waals surface area contributed by atoms with E-state index in [1.165, 1.54) is 4.52 Å². The first-order chi connectivity index (χ1) is 11.0. The number of hydrogen-bond acceptors (Lipinski definition) is 4. The highest BCUT2D eigenvalue weighted by Gasteiger charge is 2.17. The van der Waals surface area contributed by atoms with Crippen molar-refractivity contribution in [3.8, 4) is 0 Å². The van der Waals surface area contributed by atoms with E-state index in [2.05, 4.69) is 15.3 Å². The molecule has 2 heterocycles. The van der Waals surface area contributed by atoms with Gasteiger partial charge in [0.15, 0.2) is 5.65 Å². The fourth-order valence-corrected chi connectivity index (χ4v) is 2.52. The van der Waals surface area contributed by atoms with Crippen LogP contribution in [0.3, 0.4) is 0 Å². The zero-order chi connectivity index (χ0) is 16.6. The quantitative estimate of drug-likeness (QED) is 0.755. The number of aliphatic carboxylic acids is 1. The number of fused-ring (bicyclic) bond motifs is 1. The molecule has 0 spiro atoms. The van der Waals surface area contributed by atoms with E-state index >= 15 is 0 Å². The molecule has 0 aliphatic rings. The SMILES string of the molecule is Cc1[nH]n2c(=O)c(Cc3ccc(Cl)cc3)nnc2c1CC(=O)O. The second-order valence-corrected chi connectivity index (χ2v) is 5.64. The monoisotopic (exact) mass is 332 g/mol. The summed E-state index contributed by atoms with van der Waals surface area (Å²) in [4.78, 5) is 23.4. The zero-order valence-electron chi connectivity index (χ0n) is 12.2. The number of hydrogen-bond donors (Lipinski definition) is 2. The molecule has 0 saturated carbocycles.